The first-order valence-corrected chi connectivity index (χ1v) is 21.2. The highest BCUT2D eigenvalue weighted by Gasteiger charge is 2.26. The first kappa shape index (κ1) is 33.6. The van der Waals surface area contributed by atoms with Crippen LogP contribution in [0.15, 0.2) is 182 Å². The van der Waals surface area contributed by atoms with Crippen LogP contribution in [0.4, 0.5) is 0 Å². The number of rotatable bonds is 4. The lowest BCUT2D eigenvalue weighted by Gasteiger charge is -2.18. The van der Waals surface area contributed by atoms with E-state index < -0.39 is 0 Å². The Bertz CT molecular complexity index is 4090. The van der Waals surface area contributed by atoms with Crippen molar-refractivity contribution in [3.8, 4) is 17.6 Å². The number of imidazole rings is 1. The third-order valence-corrected chi connectivity index (χ3v) is 13.3. The van der Waals surface area contributed by atoms with E-state index in [1.165, 1.54) is 48.7 Å². The van der Waals surface area contributed by atoms with Crippen molar-refractivity contribution in [3.05, 3.63) is 182 Å². The van der Waals surface area contributed by atoms with Gasteiger partial charge in [-0.25, -0.2) is 4.98 Å². The monoisotopic (exact) mass is 796 g/mol. The van der Waals surface area contributed by atoms with Crippen LogP contribution in [0.5, 0.6) is 0 Å². The molecule has 1 aliphatic carbocycles. The van der Waals surface area contributed by atoms with E-state index in [9.17, 15) is 0 Å². The minimum atomic E-state index is 0.217. The Labute approximate surface area is 354 Å². The van der Waals surface area contributed by atoms with Crippen molar-refractivity contribution >= 4 is 98.4 Å². The summed E-state index contributed by atoms with van der Waals surface area (Å²) >= 11 is 0. The predicted octanol–water partition coefficient (Wildman–Crippen LogP) is 12.8. The first-order valence-electron chi connectivity index (χ1n) is 21.2. The second-order valence-electron chi connectivity index (χ2n) is 16.5. The zero-order valence-electron chi connectivity index (χ0n) is 33.7. The summed E-state index contributed by atoms with van der Waals surface area (Å²) in [5.41, 5.74) is 11.7. The van der Waals surface area contributed by atoms with Gasteiger partial charge in [0.2, 0.25) is 11.9 Å². The molecule has 0 saturated carbocycles. The second kappa shape index (κ2) is 12.4. The summed E-state index contributed by atoms with van der Waals surface area (Å²) in [6, 6.07) is 54.8. The smallest absolute Gasteiger partial charge is 0.236 e. The van der Waals surface area contributed by atoms with Crippen LogP contribution in [-0.2, 0) is 7.05 Å². The lowest BCUT2D eigenvalue weighted by atomic mass is 10.1. The van der Waals surface area contributed by atoms with Crippen molar-refractivity contribution in [2.24, 2.45) is 7.05 Å². The number of aryl methyl sites for hydroxylation is 1. The van der Waals surface area contributed by atoms with Crippen LogP contribution in [0.1, 0.15) is 12.5 Å². The lowest BCUT2D eigenvalue weighted by molar-refractivity contribution is 0.648. The molecule has 0 bridgehead atoms. The summed E-state index contributed by atoms with van der Waals surface area (Å²) in [7, 11) is 2.08. The molecule has 0 spiro atoms. The van der Waals surface area contributed by atoms with Crippen LogP contribution < -0.4 is 0 Å². The maximum atomic E-state index is 5.45. The molecule has 292 valence electrons. The molecule has 14 rings (SSSR count). The molecule has 1 unspecified atom stereocenters. The lowest BCUT2D eigenvalue weighted by Crippen LogP contribution is -2.06. The van der Waals surface area contributed by atoms with Crippen LogP contribution in [0.2, 0.25) is 0 Å². The molecule has 0 saturated heterocycles. The van der Waals surface area contributed by atoms with Gasteiger partial charge in [0, 0.05) is 61.3 Å². The quantitative estimate of drug-likeness (QED) is 0.178. The molecule has 1 atom stereocenters. The van der Waals surface area contributed by atoms with Gasteiger partial charge < -0.3 is 13.7 Å². The number of allylic oxidation sites excluding steroid dienone is 4. The number of nitrogens with zero attached hydrogens (tertiary/aromatic N) is 8. The molecule has 0 amide bonds. The molecule has 1 aliphatic rings. The molecule has 0 aliphatic heterocycles. The molecule has 13 aromatic rings. The standard InChI is InChI=1S/C54H36N8/c1-58-47-32-55-53(61-41-24-12-8-20-35(41)37-28-30-45-48(50(37)61)39-22-10-14-26-43(39)59(45)33-16-4-2-5-17-33)56-52(47)57-54(58)62-42-25-13-9-21-36(42)38-29-31-46-49(51(38)62)40-23-11-15-27-44(40)60(46)34-18-6-3-7-19-34/h2-16,18-33H,17H2,1H3. The molecule has 6 aromatic heterocycles. The molecular formula is C54H36N8. The molecular weight excluding hydrogens is 761 g/mol. The second-order valence-corrected chi connectivity index (χ2v) is 16.5. The van der Waals surface area contributed by atoms with Crippen molar-refractivity contribution in [3.63, 3.8) is 0 Å². The maximum Gasteiger partial charge on any atom is 0.236 e. The van der Waals surface area contributed by atoms with Gasteiger partial charge in [-0.3, -0.25) is 9.13 Å². The van der Waals surface area contributed by atoms with Gasteiger partial charge in [-0.2, -0.15) is 9.97 Å². The zero-order chi connectivity index (χ0) is 40.6. The number of hydrogen-bond donors (Lipinski definition) is 0. The van der Waals surface area contributed by atoms with Gasteiger partial charge >= 0.3 is 0 Å². The molecule has 0 radical (unpaired) electrons. The Kier molecular flexibility index (Phi) is 6.72. The largest absolute Gasteiger partial charge is 0.333 e. The molecule has 0 fully saturated rings. The SMILES string of the molecule is Cn1c(-n2c3ccccc3c3ccc4c(c5ccccc5n4-c4ccccc4)c32)nc2nc(-n3c4ccccc4c4ccc5c(c6ccccc6n5C5C=CC=CC5)c43)ncc21. The molecule has 6 heterocycles. The van der Waals surface area contributed by atoms with E-state index in [0.29, 0.717) is 11.6 Å². The average molecular weight is 797 g/mol. The van der Waals surface area contributed by atoms with Crippen molar-refractivity contribution in [1.82, 2.24) is 37.8 Å². The van der Waals surface area contributed by atoms with E-state index in [1.807, 2.05) is 6.20 Å². The summed E-state index contributed by atoms with van der Waals surface area (Å²) in [5.74, 6) is 1.37. The van der Waals surface area contributed by atoms with Crippen LogP contribution >= 0.6 is 0 Å². The Balaban J connectivity index is 1.05. The van der Waals surface area contributed by atoms with Gasteiger partial charge in [-0.15, -0.1) is 0 Å². The summed E-state index contributed by atoms with van der Waals surface area (Å²) in [5, 5.41) is 9.48. The van der Waals surface area contributed by atoms with Crippen molar-refractivity contribution in [2.75, 3.05) is 0 Å². The van der Waals surface area contributed by atoms with Crippen molar-refractivity contribution < 1.29 is 0 Å². The van der Waals surface area contributed by atoms with Crippen molar-refractivity contribution in [1.29, 1.82) is 0 Å². The molecule has 8 heteroatoms. The Morgan fingerprint density at radius 1 is 0.468 bits per heavy atom. The summed E-state index contributed by atoms with van der Waals surface area (Å²) in [4.78, 5) is 16.0. The van der Waals surface area contributed by atoms with Crippen LogP contribution in [0.3, 0.4) is 0 Å². The highest BCUT2D eigenvalue weighted by atomic mass is 15.3. The van der Waals surface area contributed by atoms with Gasteiger partial charge in [0.15, 0.2) is 5.65 Å². The third kappa shape index (κ3) is 4.37. The molecule has 8 nitrogen and oxygen atoms in total. The van der Waals surface area contributed by atoms with E-state index in [-0.39, 0.29) is 6.04 Å². The summed E-state index contributed by atoms with van der Waals surface area (Å²) < 4.78 is 11.6. The van der Waals surface area contributed by atoms with Gasteiger partial charge in [0.05, 0.1) is 50.9 Å². The van der Waals surface area contributed by atoms with Crippen LogP contribution in [-0.4, -0.2) is 37.8 Å². The number of fused-ring (bicyclic) bond motifs is 15. The van der Waals surface area contributed by atoms with E-state index in [4.69, 9.17) is 15.0 Å². The minimum absolute atomic E-state index is 0.217. The molecule has 62 heavy (non-hydrogen) atoms. The zero-order valence-corrected chi connectivity index (χ0v) is 33.7. The van der Waals surface area contributed by atoms with E-state index in [1.54, 1.807) is 0 Å². The van der Waals surface area contributed by atoms with E-state index >= 15 is 0 Å². The Morgan fingerprint density at radius 3 is 1.76 bits per heavy atom. The third-order valence-electron chi connectivity index (χ3n) is 13.3. The predicted molar refractivity (Wildman–Crippen MR) is 254 cm³/mol. The fourth-order valence-corrected chi connectivity index (χ4v) is 10.7. The van der Waals surface area contributed by atoms with Crippen LogP contribution in [0, 0.1) is 0 Å². The Hall–Kier alpha value is -8.23. The van der Waals surface area contributed by atoms with Crippen molar-refractivity contribution in [2.45, 2.75) is 12.5 Å². The van der Waals surface area contributed by atoms with E-state index in [2.05, 4.69) is 206 Å². The topological polar surface area (TPSA) is 63.3 Å². The van der Waals surface area contributed by atoms with Crippen LogP contribution in [0.25, 0.3) is 116 Å². The Morgan fingerprint density at radius 2 is 1.05 bits per heavy atom. The van der Waals surface area contributed by atoms with Gasteiger partial charge in [0.25, 0.3) is 0 Å². The highest BCUT2D eigenvalue weighted by molar-refractivity contribution is 6.27. The number of benzene rings is 7. The number of para-hydroxylation sites is 5. The molecule has 7 aromatic carbocycles. The fourth-order valence-electron chi connectivity index (χ4n) is 10.7. The fraction of sp³-hybridized carbons (Fsp3) is 0.0556. The highest BCUT2D eigenvalue weighted by Crippen LogP contribution is 2.44. The molecule has 0 N–H and O–H groups in total. The summed E-state index contributed by atoms with van der Waals surface area (Å²) in [6.45, 7) is 0. The average Bonchev–Trinajstić information content (AvgIpc) is 4.12. The van der Waals surface area contributed by atoms with E-state index in [0.717, 1.165) is 62.1 Å². The van der Waals surface area contributed by atoms with Gasteiger partial charge in [0.1, 0.15) is 5.52 Å². The maximum absolute atomic E-state index is 5.45. The number of hydrogen-bond acceptors (Lipinski definition) is 3. The van der Waals surface area contributed by atoms with Gasteiger partial charge in [-0.1, -0.05) is 127 Å². The summed E-state index contributed by atoms with van der Waals surface area (Å²) in [6.07, 6.45) is 11.8. The minimum Gasteiger partial charge on any atom is -0.333 e. The first-order chi connectivity index (χ1) is 30.7. The van der Waals surface area contributed by atoms with Gasteiger partial charge in [-0.05, 0) is 55.0 Å². The number of aromatic nitrogens is 8. The normalized spacial score (nSPS) is 14.5.